The zero-order valence-electron chi connectivity index (χ0n) is 81.5. The predicted molar refractivity (Wildman–Crippen MR) is 520 cm³/mol. The minimum atomic E-state index is -1.56. The number of nitriles is 1. The van der Waals surface area contributed by atoms with Crippen molar-refractivity contribution in [2.24, 2.45) is 0 Å². The Morgan fingerprint density at radius 3 is 0.927 bits per heavy atom. The molecule has 1 aliphatic rings. The summed E-state index contributed by atoms with van der Waals surface area (Å²) in [5.41, 5.74) is -0.750. The van der Waals surface area contributed by atoms with Crippen LogP contribution in [0.3, 0.4) is 0 Å². The first-order valence-corrected chi connectivity index (χ1v) is 54.0. The van der Waals surface area contributed by atoms with E-state index in [0.29, 0.717) is 6.29 Å². The average Bonchev–Trinajstić information content (AvgIpc) is 0.795. The van der Waals surface area contributed by atoms with Gasteiger partial charge in [-0.15, -0.1) is 17.2 Å². The second-order valence-electron chi connectivity index (χ2n) is 29.6. The number of hydrogen-bond donors (Lipinski definition) is 0. The molecule has 0 amide bonds. The van der Waals surface area contributed by atoms with Gasteiger partial charge in [0.25, 0.3) is 0 Å². The van der Waals surface area contributed by atoms with Crippen LogP contribution in [-0.2, 0) is 56.9 Å². The van der Waals surface area contributed by atoms with Crippen LogP contribution >= 0.6 is 16.5 Å². The van der Waals surface area contributed by atoms with Crippen molar-refractivity contribution in [2.75, 3.05) is 89.6 Å². The number of aldehydes is 1. The summed E-state index contributed by atoms with van der Waals surface area (Å²) in [7, 11) is 0. The first-order valence-electron chi connectivity index (χ1n) is 47.4. The van der Waals surface area contributed by atoms with Gasteiger partial charge in [0.15, 0.2) is 31.4 Å². The Hall–Kier alpha value is -2.23. The Labute approximate surface area is 816 Å². The Morgan fingerprint density at radius 1 is 0.439 bits per heavy atom. The van der Waals surface area contributed by atoms with E-state index in [4.69, 9.17) is 69.0 Å². The number of nitrogens with zero attached hydrogens (tertiary/aromatic N) is 1. The number of allylic oxidation sites excluding steroid dienone is 4. The number of ether oxygens (including phenoxy) is 11. The summed E-state index contributed by atoms with van der Waals surface area (Å²) in [6.07, 6.45) is 58.2. The summed E-state index contributed by atoms with van der Waals surface area (Å²) in [6.45, 7) is 47.0. The Kier molecular flexibility index (Phi) is 118. The van der Waals surface area contributed by atoms with E-state index < -0.39 is 10.5 Å². The van der Waals surface area contributed by atoms with E-state index in [9.17, 15) is 9.90 Å². The Bertz CT molecular complexity index is 2540. The van der Waals surface area contributed by atoms with Gasteiger partial charge in [-0.1, -0.05) is 154 Å². The molecule has 0 aliphatic carbocycles. The molecule has 1 fully saturated rings. The van der Waals surface area contributed by atoms with E-state index in [0.717, 1.165) is 130 Å². The van der Waals surface area contributed by atoms with Crippen molar-refractivity contribution in [2.45, 2.75) is 385 Å². The molecule has 0 atom stereocenters. The molecule has 0 saturated carbocycles. The maximum absolute atomic E-state index is 10.1. The number of carbonyl (C=O) groups is 1. The predicted octanol–water partition coefficient (Wildman–Crippen LogP) is 20.9. The first-order chi connectivity index (χ1) is 59.5. The van der Waals surface area contributed by atoms with Gasteiger partial charge in [-0.25, -0.2) is 0 Å². The molecule has 4 rings (SSSR count). The van der Waals surface area contributed by atoms with Gasteiger partial charge >= 0.3 is 276 Å². The van der Waals surface area contributed by atoms with E-state index >= 15 is 0 Å². The van der Waals surface area contributed by atoms with E-state index in [-0.39, 0.29) is 103 Å². The molecule has 0 aromatic heterocycles. The second-order valence-corrected chi connectivity index (χ2v) is 40.4. The fraction of sp³-hybridized carbons (Fsp3) is 0.695. The number of benzene rings is 3. The number of halogens is 2. The number of unbranched alkanes of at least 4 members (excludes halogenated alkanes) is 27. The van der Waals surface area contributed by atoms with Crippen LogP contribution in [0.15, 0.2) is 128 Å². The van der Waals surface area contributed by atoms with Crippen molar-refractivity contribution < 1.29 is 134 Å². The number of alkyl halides is 2. The van der Waals surface area contributed by atoms with Crippen LogP contribution in [0.2, 0.25) is 0 Å². The zero-order chi connectivity index (χ0) is 91.3. The monoisotopic (exact) mass is 1900 g/mol. The Morgan fingerprint density at radius 2 is 0.691 bits per heavy atom. The molecule has 14 nitrogen and oxygen atoms in total. The van der Waals surface area contributed by atoms with Crippen LogP contribution in [-0.4, -0.2) is 133 Å². The standard InChI is InChI=1S/C31H42IO2P.C18H30O2.2C14H29O2.C13H27ClO2.C5H4O.C4H8O.C4H9O.C2H3N.K/c1-3-33-31(34-4-2)26-18-7-5-6-8-19-27-32-35(28-20-12-9-13-21-28,29-22-14-10-15-23-29)30-24-16-11-17-25-30;1-4-7-8-9-10-11-12-13-14-15-16-17-18(19-5-2)20-6-3;2*1-4-7-8-9-10-11-12-13-14(15-5-2)16-6-3;1-3-15-13(16-4-2)11-9-7-5-6-8-10-12-14;1-2-3-4-5-6;1-2-4-5-3-1;1-4(2,3)5;1-2-3;/h9-17,20-25,31H,3-8,18-19,26-27H2,1-2H3;4,9-10,18H,1,5-6,11-17H2,2-3H3;2*4,14H,5-13H2,1-3H3;13H,3-12H2,1-2H3;2,5H,1H2;1-4H2;1-3H3;1H3;/q;;2*-1;;;;-1;;+1/b;10-9-;;;;;;;;. The molecule has 706 valence electrons. The van der Waals surface area contributed by atoms with Gasteiger partial charge in [-0.3, -0.25) is 4.79 Å². The van der Waals surface area contributed by atoms with Gasteiger partial charge in [-0.2, -0.15) is 32.0 Å². The number of hydrogen-bond acceptors (Lipinski definition) is 14. The summed E-state index contributed by atoms with van der Waals surface area (Å²) >= 11 is 5.59. The van der Waals surface area contributed by atoms with Crippen molar-refractivity contribution in [3.8, 4) is 29.8 Å². The molecular formula is C105H181ClIKNO13P-2. The van der Waals surface area contributed by atoms with Crippen molar-refractivity contribution in [1.82, 2.24) is 0 Å². The van der Waals surface area contributed by atoms with Crippen LogP contribution < -0.4 is 93.1 Å². The molecule has 0 radical (unpaired) electrons. The maximum atomic E-state index is 10.1. The van der Waals surface area contributed by atoms with Crippen LogP contribution in [0.5, 0.6) is 0 Å². The molecular weight excluding hydrogens is 1720 g/mol. The van der Waals surface area contributed by atoms with Gasteiger partial charge in [0.05, 0.1) is 6.07 Å². The average molecular weight is 1900 g/mol. The van der Waals surface area contributed by atoms with Gasteiger partial charge in [0.2, 0.25) is 0 Å². The van der Waals surface area contributed by atoms with Crippen LogP contribution in [0, 0.1) is 47.9 Å². The summed E-state index contributed by atoms with van der Waals surface area (Å²) in [5.74, 6) is 11.0. The SMILES string of the molecule is C1CCOC1.C=CC#C/C=C\CCCCCCCC(OCC)OCC.C=CC#CC=O.CC#N.CC(C)(C)[O-].CCOC(CCCCCCCCCl)OCC.CCOC(CCCCCCCC[I-][P+](c1ccccc1)(c1ccccc1)c1ccccc1)OCC.C[CH-]CCCCCCCC(OCC)OCC.C[CH-]CCCCCCCC(OCC)OCC.[K+]. The first kappa shape index (κ1) is 132. The summed E-state index contributed by atoms with van der Waals surface area (Å²) in [6, 6.07) is 35.8. The molecule has 3 aromatic rings. The number of carbonyl (C=O) groups excluding carboxylic acids is 1. The topological polar surface area (TPSA) is 165 Å². The van der Waals surface area contributed by atoms with Crippen LogP contribution in [0.1, 0.15) is 348 Å². The molecule has 3 aromatic carbocycles. The van der Waals surface area contributed by atoms with Gasteiger partial charge in [-0.05, 0) is 163 Å². The van der Waals surface area contributed by atoms with Gasteiger partial charge < -0.3 is 60.6 Å². The Balaban J connectivity index is -0.000000340. The summed E-state index contributed by atoms with van der Waals surface area (Å²) in [5, 5.41) is 22.1. The molecule has 1 heterocycles. The zero-order valence-corrected chi connectivity index (χ0v) is 88.5. The molecule has 0 unspecified atom stereocenters. The van der Waals surface area contributed by atoms with Gasteiger partial charge in [0.1, 0.15) is 0 Å². The second kappa shape index (κ2) is 110. The number of rotatable bonds is 65. The van der Waals surface area contributed by atoms with Crippen molar-refractivity contribution in [3.63, 3.8) is 0 Å². The molecule has 1 aliphatic heterocycles. The normalized spacial score (nSPS) is 11.3. The minimum absolute atomic E-state index is 0. The van der Waals surface area contributed by atoms with E-state index in [1.807, 2.05) is 75.3 Å². The van der Waals surface area contributed by atoms with Crippen LogP contribution in [0.25, 0.3) is 0 Å². The molecule has 0 spiro atoms. The fourth-order valence-corrected chi connectivity index (χ4v) is 26.0. The molecule has 1 saturated heterocycles. The summed E-state index contributed by atoms with van der Waals surface area (Å²) in [4.78, 5) is 7.78. The van der Waals surface area contributed by atoms with Crippen molar-refractivity contribution >= 4 is 38.7 Å². The third-order valence-electron chi connectivity index (χ3n) is 17.9. The van der Waals surface area contributed by atoms with Gasteiger partial charge in [0, 0.05) is 78.9 Å². The third-order valence-corrected chi connectivity index (χ3v) is 32.0. The molecule has 18 heteroatoms. The smallest absolute Gasteiger partial charge is 0.353 e. The van der Waals surface area contributed by atoms with Crippen molar-refractivity contribution in [1.29, 1.82) is 5.26 Å². The van der Waals surface area contributed by atoms with E-state index in [1.54, 1.807) is 48.8 Å². The van der Waals surface area contributed by atoms with Crippen LogP contribution in [0.4, 0.5) is 0 Å². The molecule has 123 heavy (non-hydrogen) atoms. The quantitative estimate of drug-likeness (QED) is 0.00603. The van der Waals surface area contributed by atoms with Crippen molar-refractivity contribution in [3.05, 3.63) is 141 Å². The summed E-state index contributed by atoms with van der Waals surface area (Å²) < 4.78 is 61.7. The third kappa shape index (κ3) is 97.1. The molecule has 0 N–H and O–H groups in total. The minimum Gasteiger partial charge on any atom is -0.353 e. The molecule has 0 bridgehead atoms. The fourth-order valence-electron chi connectivity index (χ4n) is 12.2. The van der Waals surface area contributed by atoms with E-state index in [1.165, 1.54) is 210 Å². The van der Waals surface area contributed by atoms with E-state index in [2.05, 4.69) is 161 Å².